The predicted molar refractivity (Wildman–Crippen MR) is 78.1 cm³/mol. The summed E-state index contributed by atoms with van der Waals surface area (Å²) in [5.41, 5.74) is 5.84. The molecule has 1 aromatic rings. The molecule has 0 radical (unpaired) electrons. The number of hydrogen-bond donors (Lipinski definition) is 3. The summed E-state index contributed by atoms with van der Waals surface area (Å²) in [7, 11) is -2.37. The molecular formula is C13H18NO7P. The van der Waals surface area contributed by atoms with Crippen molar-refractivity contribution < 1.29 is 33.4 Å². The van der Waals surface area contributed by atoms with Gasteiger partial charge < -0.3 is 25.0 Å². The van der Waals surface area contributed by atoms with Crippen LogP contribution in [0.25, 0.3) is 0 Å². The summed E-state index contributed by atoms with van der Waals surface area (Å²) in [6.07, 6.45) is -0.437. The van der Waals surface area contributed by atoms with Crippen molar-refractivity contribution >= 4 is 19.5 Å². The van der Waals surface area contributed by atoms with Gasteiger partial charge in [-0.3, -0.25) is 9.59 Å². The minimum atomic E-state index is -3.56. The van der Waals surface area contributed by atoms with Crippen LogP contribution in [-0.2, 0) is 25.1 Å². The zero-order valence-corrected chi connectivity index (χ0v) is 12.9. The molecule has 22 heavy (non-hydrogen) atoms. The Morgan fingerprint density at radius 3 is 2.59 bits per heavy atom. The molecule has 122 valence electrons. The van der Waals surface area contributed by atoms with Crippen LogP contribution in [0.2, 0.25) is 0 Å². The van der Waals surface area contributed by atoms with Crippen molar-refractivity contribution in [3.05, 3.63) is 29.8 Å². The summed E-state index contributed by atoms with van der Waals surface area (Å²) >= 11 is 0. The van der Waals surface area contributed by atoms with Crippen molar-refractivity contribution in [1.82, 2.24) is 0 Å². The summed E-state index contributed by atoms with van der Waals surface area (Å²) in [4.78, 5) is 21.3. The van der Waals surface area contributed by atoms with Gasteiger partial charge in [0.15, 0.2) is 0 Å². The molecule has 0 aliphatic carbocycles. The van der Waals surface area contributed by atoms with Crippen molar-refractivity contribution in [2.24, 2.45) is 5.73 Å². The van der Waals surface area contributed by atoms with Crippen LogP contribution in [0.15, 0.2) is 24.3 Å². The molecule has 8 nitrogen and oxygen atoms in total. The molecule has 0 saturated carbocycles. The second-order valence-electron chi connectivity index (χ2n) is 4.56. The summed E-state index contributed by atoms with van der Waals surface area (Å²) in [5, 5.41) is 17.5. The Morgan fingerprint density at radius 2 is 2.05 bits per heavy atom. The van der Waals surface area contributed by atoms with E-state index < -0.39 is 25.6 Å². The summed E-state index contributed by atoms with van der Waals surface area (Å²) in [6.45, 7) is 0. The van der Waals surface area contributed by atoms with Gasteiger partial charge in [-0.25, -0.2) is 4.57 Å². The monoisotopic (exact) mass is 331 g/mol. The van der Waals surface area contributed by atoms with E-state index in [0.717, 1.165) is 0 Å². The highest BCUT2D eigenvalue weighted by Gasteiger charge is 2.27. The topological polar surface area (TPSA) is 136 Å². The van der Waals surface area contributed by atoms with Crippen LogP contribution in [0.5, 0.6) is 5.75 Å². The van der Waals surface area contributed by atoms with Gasteiger partial charge in [0.1, 0.15) is 11.8 Å². The van der Waals surface area contributed by atoms with Crippen LogP contribution in [0.4, 0.5) is 0 Å². The number of carboxylic acid groups (broad SMARTS) is 2. The van der Waals surface area contributed by atoms with E-state index in [9.17, 15) is 14.2 Å². The number of rotatable bonds is 9. The lowest BCUT2D eigenvalue weighted by Crippen LogP contribution is -2.31. The third kappa shape index (κ3) is 5.85. The van der Waals surface area contributed by atoms with Gasteiger partial charge in [-0.2, -0.15) is 0 Å². The van der Waals surface area contributed by atoms with Gasteiger partial charge in [0.2, 0.25) is 0 Å². The van der Waals surface area contributed by atoms with Crippen molar-refractivity contribution in [2.75, 3.05) is 13.3 Å². The SMILES string of the molecule is CO[P@@](=O)(CC[C@H](N)C(=O)O)Oc1cccc(CC(=O)O)c1. The molecule has 0 aliphatic heterocycles. The molecule has 9 heteroatoms. The second-order valence-corrected chi connectivity index (χ2v) is 6.78. The number of aliphatic carboxylic acids is 2. The third-order valence-electron chi connectivity index (χ3n) is 2.81. The van der Waals surface area contributed by atoms with Gasteiger partial charge >= 0.3 is 19.5 Å². The van der Waals surface area contributed by atoms with Crippen molar-refractivity contribution in [3.8, 4) is 5.75 Å². The van der Waals surface area contributed by atoms with Gasteiger partial charge in [-0.1, -0.05) is 12.1 Å². The molecule has 0 aromatic heterocycles. The maximum atomic E-state index is 12.4. The molecule has 0 amide bonds. The Hall–Kier alpha value is -1.89. The van der Waals surface area contributed by atoms with E-state index in [4.69, 9.17) is 25.0 Å². The highest BCUT2D eigenvalue weighted by molar-refractivity contribution is 7.54. The summed E-state index contributed by atoms with van der Waals surface area (Å²) in [5.74, 6) is -2.02. The molecule has 0 spiro atoms. The molecule has 0 unspecified atom stereocenters. The fraction of sp³-hybridized carbons (Fsp3) is 0.385. The fourth-order valence-corrected chi connectivity index (χ4v) is 3.02. The summed E-state index contributed by atoms with van der Waals surface area (Å²) in [6, 6.07) is 4.95. The van der Waals surface area contributed by atoms with Gasteiger partial charge in [0.25, 0.3) is 0 Å². The Balaban J connectivity index is 2.78. The van der Waals surface area contributed by atoms with E-state index in [2.05, 4.69) is 0 Å². The molecule has 0 fully saturated rings. The maximum absolute atomic E-state index is 12.4. The first-order valence-corrected chi connectivity index (χ1v) is 8.12. The molecule has 4 N–H and O–H groups in total. The minimum Gasteiger partial charge on any atom is -0.481 e. The minimum absolute atomic E-state index is 0.0741. The van der Waals surface area contributed by atoms with E-state index in [1.54, 1.807) is 12.1 Å². The fourth-order valence-electron chi connectivity index (χ4n) is 1.64. The van der Waals surface area contributed by atoms with Crippen LogP contribution in [0, 0.1) is 0 Å². The molecule has 0 aliphatic rings. The van der Waals surface area contributed by atoms with Crippen molar-refractivity contribution in [3.63, 3.8) is 0 Å². The van der Waals surface area contributed by atoms with Gasteiger partial charge in [0, 0.05) is 7.11 Å². The van der Waals surface area contributed by atoms with E-state index in [1.165, 1.54) is 19.2 Å². The third-order valence-corrected chi connectivity index (χ3v) is 4.66. The van der Waals surface area contributed by atoms with Gasteiger partial charge in [0.05, 0.1) is 12.6 Å². The Morgan fingerprint density at radius 1 is 1.36 bits per heavy atom. The Bertz CT molecular complexity index is 590. The molecular weight excluding hydrogens is 313 g/mol. The first-order valence-electron chi connectivity index (χ1n) is 6.39. The van der Waals surface area contributed by atoms with E-state index in [1.807, 2.05) is 0 Å². The molecule has 2 atom stereocenters. The Kier molecular flexibility index (Phi) is 6.55. The largest absolute Gasteiger partial charge is 0.481 e. The highest BCUT2D eigenvalue weighted by Crippen LogP contribution is 2.48. The quantitative estimate of drug-likeness (QED) is 0.577. The van der Waals surface area contributed by atoms with Crippen molar-refractivity contribution in [1.29, 1.82) is 0 Å². The smallest absolute Gasteiger partial charge is 0.378 e. The molecule has 1 aromatic carbocycles. The highest BCUT2D eigenvalue weighted by atomic mass is 31.2. The van der Waals surface area contributed by atoms with Crippen molar-refractivity contribution in [2.45, 2.75) is 18.9 Å². The number of carbonyl (C=O) groups is 2. The van der Waals surface area contributed by atoms with E-state index in [0.29, 0.717) is 5.56 Å². The molecule has 0 bridgehead atoms. The molecule has 0 heterocycles. The number of carboxylic acids is 2. The Labute approximate surface area is 127 Å². The van der Waals surface area contributed by atoms with Crippen LogP contribution in [-0.4, -0.2) is 41.5 Å². The lowest BCUT2D eigenvalue weighted by Gasteiger charge is -2.18. The van der Waals surface area contributed by atoms with Crippen LogP contribution < -0.4 is 10.3 Å². The summed E-state index contributed by atoms with van der Waals surface area (Å²) < 4.78 is 22.6. The lowest BCUT2D eigenvalue weighted by atomic mass is 10.1. The zero-order valence-electron chi connectivity index (χ0n) is 12.0. The lowest BCUT2D eigenvalue weighted by molar-refractivity contribution is -0.138. The molecule has 0 saturated heterocycles. The normalized spacial score (nSPS) is 14.8. The predicted octanol–water partition coefficient (Wildman–Crippen LogP) is 1.33. The number of benzene rings is 1. The van der Waals surface area contributed by atoms with Crippen LogP contribution >= 0.6 is 7.60 Å². The second kappa shape index (κ2) is 7.93. The van der Waals surface area contributed by atoms with Gasteiger partial charge in [-0.05, 0) is 24.1 Å². The number of nitrogens with two attached hydrogens (primary N) is 1. The maximum Gasteiger partial charge on any atom is 0.378 e. The average molecular weight is 331 g/mol. The van der Waals surface area contributed by atoms with E-state index >= 15 is 0 Å². The first-order chi connectivity index (χ1) is 10.3. The van der Waals surface area contributed by atoms with Crippen LogP contribution in [0.1, 0.15) is 12.0 Å². The van der Waals surface area contributed by atoms with Crippen LogP contribution in [0.3, 0.4) is 0 Å². The van der Waals surface area contributed by atoms with Gasteiger partial charge in [-0.15, -0.1) is 0 Å². The first kappa shape index (κ1) is 18.2. The number of hydrogen-bond acceptors (Lipinski definition) is 6. The standard InChI is InChI=1S/C13H18NO7P/c1-20-22(19,6-5-11(14)13(17)18)21-10-4-2-3-9(7-10)8-12(15)16/h2-4,7,11H,5-6,8,14H2,1H3,(H,15,16)(H,17,18)/t11-,22-/m0/s1. The zero-order chi connectivity index (χ0) is 16.8. The molecule has 1 rings (SSSR count). The van der Waals surface area contributed by atoms with E-state index in [-0.39, 0.29) is 24.8 Å². The average Bonchev–Trinajstić information content (AvgIpc) is 2.44.